The molecule has 1 saturated carbocycles. The zero-order valence-electron chi connectivity index (χ0n) is 8.94. The minimum atomic E-state index is 0.0808. The maximum Gasteiger partial charge on any atom is 0.120 e. The second kappa shape index (κ2) is 4.24. The van der Waals surface area contributed by atoms with Crippen LogP contribution in [0.1, 0.15) is 24.8 Å². The molecule has 1 aromatic carbocycles. The van der Waals surface area contributed by atoms with Gasteiger partial charge in [0.15, 0.2) is 0 Å². The van der Waals surface area contributed by atoms with Crippen molar-refractivity contribution in [1.29, 1.82) is 10.5 Å². The lowest BCUT2D eigenvalue weighted by molar-refractivity contribution is 0.237. The number of benzene rings is 1. The standard InChI is InChI=1S/C13H12N2O/c14-7-6-13(4-5-13)10-16-12-3-1-2-11(8-12)9-15/h1-3,8H,4-6,10H2. The van der Waals surface area contributed by atoms with Crippen LogP contribution in [0.5, 0.6) is 5.75 Å². The zero-order chi connectivity index (χ0) is 11.4. The zero-order valence-corrected chi connectivity index (χ0v) is 8.94. The Balaban J connectivity index is 1.95. The fourth-order valence-corrected chi connectivity index (χ4v) is 1.61. The van der Waals surface area contributed by atoms with Crippen LogP contribution in [-0.2, 0) is 0 Å². The molecule has 2 rings (SSSR count). The average molecular weight is 212 g/mol. The molecule has 0 saturated heterocycles. The molecule has 3 nitrogen and oxygen atoms in total. The van der Waals surface area contributed by atoms with Crippen LogP contribution in [0.15, 0.2) is 24.3 Å². The Morgan fingerprint density at radius 3 is 2.75 bits per heavy atom. The second-order valence-electron chi connectivity index (χ2n) is 4.26. The molecule has 1 aromatic rings. The maximum atomic E-state index is 8.74. The van der Waals surface area contributed by atoms with Gasteiger partial charge < -0.3 is 4.74 Å². The van der Waals surface area contributed by atoms with Crippen molar-refractivity contribution in [3.63, 3.8) is 0 Å². The fourth-order valence-electron chi connectivity index (χ4n) is 1.61. The molecule has 0 radical (unpaired) electrons. The van der Waals surface area contributed by atoms with E-state index >= 15 is 0 Å². The third kappa shape index (κ3) is 2.32. The molecule has 0 spiro atoms. The first kappa shape index (κ1) is 10.5. The van der Waals surface area contributed by atoms with Crippen LogP contribution in [0.4, 0.5) is 0 Å². The third-order valence-corrected chi connectivity index (χ3v) is 2.92. The monoisotopic (exact) mass is 212 g/mol. The van der Waals surface area contributed by atoms with Crippen LogP contribution in [0, 0.1) is 28.1 Å². The molecular formula is C13H12N2O. The minimum absolute atomic E-state index is 0.0808. The topological polar surface area (TPSA) is 56.8 Å². The van der Waals surface area contributed by atoms with Crippen molar-refractivity contribution in [1.82, 2.24) is 0 Å². The van der Waals surface area contributed by atoms with Crippen molar-refractivity contribution in [3.8, 4) is 17.9 Å². The van der Waals surface area contributed by atoms with Gasteiger partial charge in [-0.25, -0.2) is 0 Å². The molecule has 1 fully saturated rings. The van der Waals surface area contributed by atoms with Crippen LogP contribution >= 0.6 is 0 Å². The normalized spacial score (nSPS) is 15.9. The van der Waals surface area contributed by atoms with Crippen molar-refractivity contribution < 1.29 is 4.74 Å². The predicted molar refractivity (Wildman–Crippen MR) is 58.5 cm³/mol. The number of hydrogen-bond acceptors (Lipinski definition) is 3. The average Bonchev–Trinajstić information content (AvgIpc) is 3.08. The Bertz CT molecular complexity index is 464. The number of ether oxygens (including phenoxy) is 1. The van der Waals surface area contributed by atoms with E-state index in [1.165, 1.54) is 0 Å². The number of nitriles is 2. The Labute approximate surface area is 94.9 Å². The molecule has 0 aliphatic heterocycles. The summed E-state index contributed by atoms with van der Waals surface area (Å²) < 4.78 is 5.63. The highest BCUT2D eigenvalue weighted by atomic mass is 16.5. The second-order valence-corrected chi connectivity index (χ2v) is 4.26. The summed E-state index contributed by atoms with van der Waals surface area (Å²) in [7, 11) is 0. The third-order valence-electron chi connectivity index (χ3n) is 2.92. The van der Waals surface area contributed by atoms with Gasteiger partial charge in [-0.3, -0.25) is 0 Å². The minimum Gasteiger partial charge on any atom is -0.493 e. The summed E-state index contributed by atoms with van der Waals surface area (Å²) in [5.41, 5.74) is 0.680. The van der Waals surface area contributed by atoms with Crippen LogP contribution in [0.25, 0.3) is 0 Å². The van der Waals surface area contributed by atoms with Gasteiger partial charge in [0.05, 0.1) is 24.3 Å². The van der Waals surface area contributed by atoms with Gasteiger partial charge in [-0.15, -0.1) is 0 Å². The first-order valence-electron chi connectivity index (χ1n) is 5.28. The lowest BCUT2D eigenvalue weighted by Crippen LogP contribution is -2.12. The molecular weight excluding hydrogens is 200 g/mol. The molecule has 0 bridgehead atoms. The van der Waals surface area contributed by atoms with Gasteiger partial charge in [0, 0.05) is 11.8 Å². The van der Waals surface area contributed by atoms with Crippen molar-refractivity contribution in [3.05, 3.63) is 29.8 Å². The largest absolute Gasteiger partial charge is 0.493 e. The van der Waals surface area contributed by atoms with E-state index in [-0.39, 0.29) is 5.41 Å². The Morgan fingerprint density at radius 2 is 2.12 bits per heavy atom. The molecule has 0 heterocycles. The summed E-state index contributed by atoms with van der Waals surface area (Å²) >= 11 is 0. The highest BCUT2D eigenvalue weighted by Crippen LogP contribution is 2.48. The van der Waals surface area contributed by atoms with E-state index in [9.17, 15) is 0 Å². The van der Waals surface area contributed by atoms with Crippen LogP contribution < -0.4 is 4.74 Å². The molecule has 16 heavy (non-hydrogen) atoms. The van der Waals surface area contributed by atoms with Gasteiger partial charge in [0.2, 0.25) is 0 Å². The van der Waals surface area contributed by atoms with E-state index in [2.05, 4.69) is 12.1 Å². The molecule has 0 N–H and O–H groups in total. The summed E-state index contributed by atoms with van der Waals surface area (Å²) in [5.74, 6) is 0.711. The summed E-state index contributed by atoms with van der Waals surface area (Å²) in [4.78, 5) is 0. The molecule has 0 atom stereocenters. The van der Waals surface area contributed by atoms with Crippen LogP contribution in [0.3, 0.4) is 0 Å². The van der Waals surface area contributed by atoms with Gasteiger partial charge >= 0.3 is 0 Å². The highest BCUT2D eigenvalue weighted by molar-refractivity contribution is 5.36. The maximum absolute atomic E-state index is 8.74. The molecule has 1 aliphatic rings. The van der Waals surface area contributed by atoms with E-state index in [1.807, 2.05) is 6.07 Å². The van der Waals surface area contributed by atoms with E-state index < -0.39 is 0 Å². The van der Waals surface area contributed by atoms with E-state index in [0.717, 1.165) is 12.8 Å². The van der Waals surface area contributed by atoms with Gasteiger partial charge in [0.1, 0.15) is 5.75 Å². The lowest BCUT2D eigenvalue weighted by Gasteiger charge is -2.12. The number of rotatable bonds is 4. The summed E-state index contributed by atoms with van der Waals surface area (Å²) in [6.07, 6.45) is 2.70. The molecule has 3 heteroatoms. The molecule has 1 aliphatic carbocycles. The summed E-state index contributed by atoms with van der Waals surface area (Å²) in [6, 6.07) is 11.4. The number of nitrogens with zero attached hydrogens (tertiary/aromatic N) is 2. The van der Waals surface area contributed by atoms with Gasteiger partial charge in [-0.2, -0.15) is 10.5 Å². The van der Waals surface area contributed by atoms with Crippen LogP contribution in [0.2, 0.25) is 0 Å². The van der Waals surface area contributed by atoms with Gasteiger partial charge in [0.25, 0.3) is 0 Å². The van der Waals surface area contributed by atoms with Gasteiger partial charge in [-0.05, 0) is 31.0 Å². The smallest absolute Gasteiger partial charge is 0.120 e. The first-order chi connectivity index (χ1) is 7.78. The van der Waals surface area contributed by atoms with Crippen LogP contribution in [-0.4, -0.2) is 6.61 Å². The van der Waals surface area contributed by atoms with Crippen molar-refractivity contribution in [2.75, 3.05) is 6.61 Å². The van der Waals surface area contributed by atoms with E-state index in [0.29, 0.717) is 24.3 Å². The quantitative estimate of drug-likeness (QED) is 0.770. The number of hydrogen-bond donors (Lipinski definition) is 0. The molecule has 0 unspecified atom stereocenters. The van der Waals surface area contributed by atoms with E-state index in [4.69, 9.17) is 15.3 Å². The first-order valence-corrected chi connectivity index (χ1v) is 5.28. The van der Waals surface area contributed by atoms with Crippen molar-refractivity contribution in [2.45, 2.75) is 19.3 Å². The molecule has 80 valence electrons. The van der Waals surface area contributed by atoms with Crippen molar-refractivity contribution in [2.24, 2.45) is 5.41 Å². The SMILES string of the molecule is N#CCC1(COc2cccc(C#N)c2)CC1. The van der Waals surface area contributed by atoms with Crippen molar-refractivity contribution >= 4 is 0 Å². The van der Waals surface area contributed by atoms with E-state index in [1.54, 1.807) is 18.2 Å². The fraction of sp³-hybridized carbons (Fsp3) is 0.385. The predicted octanol–water partition coefficient (Wildman–Crippen LogP) is 2.63. The highest BCUT2D eigenvalue weighted by Gasteiger charge is 2.43. The van der Waals surface area contributed by atoms with Gasteiger partial charge in [-0.1, -0.05) is 6.07 Å². The lowest BCUT2D eigenvalue weighted by atomic mass is 10.1. The Morgan fingerprint density at radius 1 is 1.31 bits per heavy atom. The Kier molecular flexibility index (Phi) is 2.79. The molecule has 0 aromatic heterocycles. The summed E-state index contributed by atoms with van der Waals surface area (Å²) in [6.45, 7) is 0.579. The summed E-state index contributed by atoms with van der Waals surface area (Å²) in [5, 5.41) is 17.4. The molecule has 0 amide bonds. The Hall–Kier alpha value is -2.00.